The Morgan fingerprint density at radius 2 is 2.08 bits per heavy atom. The molecule has 0 saturated carbocycles. The summed E-state index contributed by atoms with van der Waals surface area (Å²) < 4.78 is 5.29. The first kappa shape index (κ1) is 16.7. The maximum atomic E-state index is 12.1. The van der Waals surface area contributed by atoms with Gasteiger partial charge in [0.25, 0.3) is 5.91 Å². The minimum atomic E-state index is -0.230. The average molecular weight is 362 g/mol. The van der Waals surface area contributed by atoms with E-state index >= 15 is 0 Å². The summed E-state index contributed by atoms with van der Waals surface area (Å²) in [5.41, 5.74) is 1.04. The van der Waals surface area contributed by atoms with Gasteiger partial charge in [0, 0.05) is 16.7 Å². The Morgan fingerprint density at radius 3 is 2.67 bits per heavy atom. The van der Waals surface area contributed by atoms with Gasteiger partial charge in [0.15, 0.2) is 0 Å². The molecule has 5 nitrogen and oxygen atoms in total. The molecule has 0 aliphatic carbocycles. The molecule has 1 amide bonds. The first-order chi connectivity index (χ1) is 11.3. The van der Waals surface area contributed by atoms with Crippen LogP contribution in [0.4, 0.5) is 5.69 Å². The summed E-state index contributed by atoms with van der Waals surface area (Å²) in [4.78, 5) is 17.1. The van der Waals surface area contributed by atoms with Crippen LogP contribution in [-0.4, -0.2) is 16.0 Å². The molecule has 0 spiro atoms. The smallest absolute Gasteiger partial charge is 0.265 e. The summed E-state index contributed by atoms with van der Waals surface area (Å²) in [6.45, 7) is 5.99. The number of rotatable bonds is 3. The number of nitrogens with one attached hydrogen (secondary N) is 1. The molecule has 3 aromatic rings. The van der Waals surface area contributed by atoms with E-state index in [1.165, 1.54) is 11.3 Å². The molecule has 1 aromatic carbocycles. The van der Waals surface area contributed by atoms with Gasteiger partial charge in [-0.1, -0.05) is 43.6 Å². The Kier molecular flexibility index (Phi) is 4.43. The van der Waals surface area contributed by atoms with Crippen LogP contribution >= 0.6 is 22.9 Å². The number of halogens is 1. The molecule has 2 aromatic heterocycles. The van der Waals surface area contributed by atoms with E-state index < -0.39 is 0 Å². The Balaban J connectivity index is 1.82. The van der Waals surface area contributed by atoms with Crippen LogP contribution in [-0.2, 0) is 5.41 Å². The van der Waals surface area contributed by atoms with Crippen molar-refractivity contribution in [1.82, 2.24) is 10.1 Å². The highest BCUT2D eigenvalue weighted by molar-refractivity contribution is 7.12. The van der Waals surface area contributed by atoms with Crippen molar-refractivity contribution in [3.05, 3.63) is 51.5 Å². The second-order valence-electron chi connectivity index (χ2n) is 6.30. The minimum absolute atomic E-state index is 0.164. The minimum Gasteiger partial charge on any atom is -0.338 e. The van der Waals surface area contributed by atoms with Crippen molar-refractivity contribution in [1.29, 1.82) is 0 Å². The molecule has 124 valence electrons. The standard InChI is InChI=1S/C17H16ClN3O2S/c1-17(2,3)16-20-14(21-23-16)11-7-6-10(9-12(11)18)19-15(22)13-5-4-8-24-13/h4-9H,1-3H3,(H,19,22). The van der Waals surface area contributed by atoms with E-state index in [0.717, 1.165) is 0 Å². The van der Waals surface area contributed by atoms with Crippen molar-refractivity contribution < 1.29 is 9.32 Å². The normalized spacial score (nSPS) is 11.5. The van der Waals surface area contributed by atoms with Crippen LogP contribution in [0.3, 0.4) is 0 Å². The number of hydrogen-bond donors (Lipinski definition) is 1. The Labute approximate surface area is 148 Å². The van der Waals surface area contributed by atoms with Crippen LogP contribution in [0.1, 0.15) is 36.3 Å². The lowest BCUT2D eigenvalue weighted by Crippen LogP contribution is -2.11. The lowest BCUT2D eigenvalue weighted by atomic mass is 9.97. The monoisotopic (exact) mass is 361 g/mol. The lowest BCUT2D eigenvalue weighted by Gasteiger charge is -2.10. The van der Waals surface area contributed by atoms with Gasteiger partial charge in [0.2, 0.25) is 11.7 Å². The average Bonchev–Trinajstić information content (AvgIpc) is 3.18. The van der Waals surface area contributed by atoms with Gasteiger partial charge in [-0.15, -0.1) is 11.3 Å². The Bertz CT molecular complexity index is 866. The number of carbonyl (C=O) groups excluding carboxylic acids is 1. The van der Waals surface area contributed by atoms with Crippen molar-refractivity contribution in [3.63, 3.8) is 0 Å². The number of nitrogens with zero attached hydrogens (tertiary/aromatic N) is 2. The largest absolute Gasteiger partial charge is 0.338 e. The molecule has 2 heterocycles. The number of carbonyl (C=O) groups is 1. The number of thiophene rings is 1. The van der Waals surface area contributed by atoms with E-state index in [2.05, 4.69) is 15.5 Å². The van der Waals surface area contributed by atoms with Crippen LogP contribution in [0.25, 0.3) is 11.4 Å². The van der Waals surface area contributed by atoms with E-state index in [9.17, 15) is 4.79 Å². The Morgan fingerprint density at radius 1 is 1.29 bits per heavy atom. The highest BCUT2D eigenvalue weighted by Gasteiger charge is 2.23. The van der Waals surface area contributed by atoms with Crippen molar-refractivity contribution in [2.45, 2.75) is 26.2 Å². The molecular formula is C17H16ClN3O2S. The van der Waals surface area contributed by atoms with Crippen molar-refractivity contribution >= 4 is 34.5 Å². The van der Waals surface area contributed by atoms with Gasteiger partial charge in [-0.05, 0) is 29.6 Å². The van der Waals surface area contributed by atoms with Crippen LogP contribution < -0.4 is 5.32 Å². The molecule has 0 fully saturated rings. The lowest BCUT2D eigenvalue weighted by molar-refractivity contribution is 0.103. The van der Waals surface area contributed by atoms with Gasteiger partial charge in [0.05, 0.1) is 9.90 Å². The molecule has 0 saturated heterocycles. The molecule has 3 rings (SSSR count). The van der Waals surface area contributed by atoms with E-state index in [1.807, 2.05) is 32.2 Å². The molecule has 0 bridgehead atoms. The highest BCUT2D eigenvalue weighted by atomic mass is 35.5. The van der Waals surface area contributed by atoms with Gasteiger partial charge in [0.1, 0.15) is 0 Å². The van der Waals surface area contributed by atoms with E-state index in [1.54, 1.807) is 24.3 Å². The molecule has 0 atom stereocenters. The fourth-order valence-electron chi connectivity index (χ4n) is 2.01. The zero-order valence-electron chi connectivity index (χ0n) is 13.5. The van der Waals surface area contributed by atoms with Gasteiger partial charge >= 0.3 is 0 Å². The fourth-order valence-corrected chi connectivity index (χ4v) is 2.90. The third-order valence-electron chi connectivity index (χ3n) is 3.28. The van der Waals surface area contributed by atoms with Gasteiger partial charge < -0.3 is 9.84 Å². The molecule has 24 heavy (non-hydrogen) atoms. The molecule has 0 aliphatic rings. The Hall–Kier alpha value is -2.18. The summed E-state index contributed by atoms with van der Waals surface area (Å²) >= 11 is 7.71. The maximum absolute atomic E-state index is 12.1. The number of aromatic nitrogens is 2. The summed E-state index contributed by atoms with van der Waals surface area (Å²) in [6.07, 6.45) is 0. The van der Waals surface area contributed by atoms with Gasteiger partial charge in [-0.2, -0.15) is 4.98 Å². The van der Waals surface area contributed by atoms with Crippen molar-refractivity contribution in [2.24, 2.45) is 0 Å². The molecule has 1 N–H and O–H groups in total. The first-order valence-electron chi connectivity index (χ1n) is 7.33. The third kappa shape index (κ3) is 3.49. The maximum Gasteiger partial charge on any atom is 0.265 e. The summed E-state index contributed by atoms with van der Waals surface area (Å²) in [7, 11) is 0. The van der Waals surface area contributed by atoms with E-state index in [-0.39, 0.29) is 11.3 Å². The number of anilines is 1. The van der Waals surface area contributed by atoms with Gasteiger partial charge in [-0.3, -0.25) is 4.79 Å². The summed E-state index contributed by atoms with van der Waals surface area (Å²) in [6, 6.07) is 8.81. The molecule has 0 radical (unpaired) electrons. The van der Waals surface area contributed by atoms with Crippen LogP contribution in [0.15, 0.2) is 40.2 Å². The summed E-state index contributed by atoms with van der Waals surface area (Å²) in [5.74, 6) is 0.813. The third-order valence-corrected chi connectivity index (χ3v) is 4.46. The van der Waals surface area contributed by atoms with E-state index in [4.69, 9.17) is 16.1 Å². The fraction of sp³-hybridized carbons (Fsp3) is 0.235. The molecule has 0 unspecified atom stereocenters. The number of benzene rings is 1. The first-order valence-corrected chi connectivity index (χ1v) is 8.59. The summed E-state index contributed by atoms with van der Waals surface area (Å²) in [5, 5.41) is 9.10. The second-order valence-corrected chi connectivity index (χ2v) is 7.65. The predicted molar refractivity (Wildman–Crippen MR) is 95.7 cm³/mol. The van der Waals surface area contributed by atoms with Crippen LogP contribution in [0.5, 0.6) is 0 Å². The number of amides is 1. The van der Waals surface area contributed by atoms with Crippen LogP contribution in [0, 0.1) is 0 Å². The SMILES string of the molecule is CC(C)(C)c1nc(-c2ccc(NC(=O)c3cccs3)cc2Cl)no1. The zero-order chi connectivity index (χ0) is 17.3. The number of hydrogen-bond acceptors (Lipinski definition) is 5. The second kappa shape index (κ2) is 6.37. The van der Waals surface area contributed by atoms with Crippen molar-refractivity contribution in [2.75, 3.05) is 5.32 Å². The topological polar surface area (TPSA) is 68.0 Å². The highest BCUT2D eigenvalue weighted by Crippen LogP contribution is 2.30. The zero-order valence-corrected chi connectivity index (χ0v) is 15.0. The quantitative estimate of drug-likeness (QED) is 0.712. The molecule has 7 heteroatoms. The molecule has 0 aliphatic heterocycles. The van der Waals surface area contributed by atoms with Crippen LogP contribution in [0.2, 0.25) is 5.02 Å². The van der Waals surface area contributed by atoms with E-state index in [0.29, 0.717) is 32.9 Å². The van der Waals surface area contributed by atoms with Crippen molar-refractivity contribution in [3.8, 4) is 11.4 Å². The van der Waals surface area contributed by atoms with Gasteiger partial charge in [-0.25, -0.2) is 0 Å². The molecular weight excluding hydrogens is 346 g/mol. The predicted octanol–water partition coefficient (Wildman–Crippen LogP) is 5.00.